The van der Waals surface area contributed by atoms with Gasteiger partial charge in [0.05, 0.1) is 10.1 Å². The standard InChI is InChI=1S/C13H16O4S/c14-13(15)9-8-10-4-1-2-7-12(10)18(16,17)11-5-3-6-11/h1-2,4,7,11H,3,5-6,8-9H2,(H,14,15). The predicted octanol–water partition coefficient (Wildman–Crippen LogP) is 2.03. The molecule has 1 fully saturated rings. The van der Waals surface area contributed by atoms with Crippen LogP contribution in [0.15, 0.2) is 29.2 Å². The Hall–Kier alpha value is -1.36. The van der Waals surface area contributed by atoms with Gasteiger partial charge in [-0.15, -0.1) is 0 Å². The highest BCUT2D eigenvalue weighted by Crippen LogP contribution is 2.32. The van der Waals surface area contributed by atoms with E-state index in [0.717, 1.165) is 19.3 Å². The SMILES string of the molecule is O=C(O)CCc1ccccc1S(=O)(=O)C1CCC1. The molecule has 1 aromatic rings. The molecule has 1 N–H and O–H groups in total. The van der Waals surface area contributed by atoms with Crippen molar-refractivity contribution in [2.75, 3.05) is 0 Å². The Morgan fingerprint density at radius 2 is 1.94 bits per heavy atom. The molecule has 0 heterocycles. The summed E-state index contributed by atoms with van der Waals surface area (Å²) in [6, 6.07) is 6.73. The highest BCUT2D eigenvalue weighted by molar-refractivity contribution is 7.92. The largest absolute Gasteiger partial charge is 0.481 e. The maximum absolute atomic E-state index is 12.3. The van der Waals surface area contributed by atoms with Gasteiger partial charge in [0, 0.05) is 6.42 Å². The van der Waals surface area contributed by atoms with Crippen molar-refractivity contribution in [3.63, 3.8) is 0 Å². The minimum atomic E-state index is -3.27. The molecule has 18 heavy (non-hydrogen) atoms. The molecular weight excluding hydrogens is 252 g/mol. The Balaban J connectivity index is 2.29. The van der Waals surface area contributed by atoms with Gasteiger partial charge < -0.3 is 5.11 Å². The molecule has 1 saturated carbocycles. The minimum absolute atomic E-state index is 0.0444. The van der Waals surface area contributed by atoms with Gasteiger partial charge in [-0.2, -0.15) is 0 Å². The van der Waals surface area contributed by atoms with E-state index in [1.165, 1.54) is 0 Å². The Kier molecular flexibility index (Phi) is 3.71. The van der Waals surface area contributed by atoms with Gasteiger partial charge in [0.1, 0.15) is 0 Å². The van der Waals surface area contributed by atoms with E-state index in [1.54, 1.807) is 24.3 Å². The molecule has 5 heteroatoms. The summed E-state index contributed by atoms with van der Waals surface area (Å²) in [5, 5.41) is 8.41. The van der Waals surface area contributed by atoms with Gasteiger partial charge in [-0.3, -0.25) is 4.79 Å². The maximum Gasteiger partial charge on any atom is 0.303 e. The predicted molar refractivity (Wildman–Crippen MR) is 67.2 cm³/mol. The van der Waals surface area contributed by atoms with Crippen molar-refractivity contribution in [3.8, 4) is 0 Å². The molecule has 0 atom stereocenters. The Labute approximate surface area is 107 Å². The van der Waals surface area contributed by atoms with Gasteiger partial charge in [0.2, 0.25) is 0 Å². The summed E-state index contributed by atoms with van der Waals surface area (Å²) in [7, 11) is -3.27. The van der Waals surface area contributed by atoms with Gasteiger partial charge in [-0.05, 0) is 30.9 Å². The van der Waals surface area contributed by atoms with E-state index in [9.17, 15) is 13.2 Å². The van der Waals surface area contributed by atoms with Crippen LogP contribution in [-0.2, 0) is 21.1 Å². The van der Waals surface area contributed by atoms with Crippen molar-refractivity contribution >= 4 is 15.8 Å². The molecule has 0 spiro atoms. The first kappa shape index (κ1) is 13.1. The fraction of sp³-hybridized carbons (Fsp3) is 0.462. The number of carboxylic acid groups (broad SMARTS) is 1. The van der Waals surface area contributed by atoms with Gasteiger partial charge in [0.25, 0.3) is 0 Å². The first-order valence-corrected chi connectivity index (χ1v) is 7.60. The Morgan fingerprint density at radius 1 is 1.28 bits per heavy atom. The van der Waals surface area contributed by atoms with Crippen molar-refractivity contribution in [2.45, 2.75) is 42.2 Å². The lowest BCUT2D eigenvalue weighted by Crippen LogP contribution is -2.29. The molecule has 4 nitrogen and oxygen atoms in total. The number of carboxylic acids is 1. The van der Waals surface area contributed by atoms with Gasteiger partial charge in [-0.25, -0.2) is 8.42 Å². The Morgan fingerprint density at radius 3 is 2.50 bits per heavy atom. The molecule has 0 aliphatic heterocycles. The van der Waals surface area contributed by atoms with E-state index in [0.29, 0.717) is 10.5 Å². The van der Waals surface area contributed by atoms with Gasteiger partial charge in [0.15, 0.2) is 9.84 Å². The number of sulfone groups is 1. The number of rotatable bonds is 5. The summed E-state index contributed by atoms with van der Waals surface area (Å²) >= 11 is 0. The van der Waals surface area contributed by atoms with E-state index in [1.807, 2.05) is 0 Å². The summed E-state index contributed by atoms with van der Waals surface area (Å²) < 4.78 is 24.7. The summed E-state index contributed by atoms with van der Waals surface area (Å²) in [6.07, 6.45) is 2.61. The summed E-state index contributed by atoms with van der Waals surface area (Å²) in [6.45, 7) is 0. The highest BCUT2D eigenvalue weighted by atomic mass is 32.2. The second-order valence-corrected chi connectivity index (χ2v) is 6.80. The number of aliphatic carboxylic acids is 1. The minimum Gasteiger partial charge on any atom is -0.481 e. The number of benzene rings is 1. The molecule has 2 rings (SSSR count). The molecule has 0 radical (unpaired) electrons. The van der Waals surface area contributed by atoms with E-state index in [4.69, 9.17) is 5.11 Å². The van der Waals surface area contributed by atoms with Gasteiger partial charge in [-0.1, -0.05) is 24.6 Å². The van der Waals surface area contributed by atoms with Crippen LogP contribution in [0.5, 0.6) is 0 Å². The Bertz CT molecular complexity index is 544. The second kappa shape index (κ2) is 5.10. The van der Waals surface area contributed by atoms with Crippen LogP contribution in [0.1, 0.15) is 31.2 Å². The fourth-order valence-electron chi connectivity index (χ4n) is 2.09. The number of hydrogen-bond acceptors (Lipinski definition) is 3. The lowest BCUT2D eigenvalue weighted by molar-refractivity contribution is -0.136. The molecule has 1 aliphatic rings. The third kappa shape index (κ3) is 2.56. The van der Waals surface area contributed by atoms with Gasteiger partial charge >= 0.3 is 5.97 Å². The summed E-state index contributed by atoms with van der Waals surface area (Å²) in [5.74, 6) is -0.911. The van der Waals surface area contributed by atoms with Crippen LogP contribution in [0.4, 0.5) is 0 Å². The first-order chi connectivity index (χ1) is 8.51. The van der Waals surface area contributed by atoms with Crippen molar-refractivity contribution in [2.24, 2.45) is 0 Å². The summed E-state index contributed by atoms with van der Waals surface area (Å²) in [5.41, 5.74) is 0.617. The monoisotopic (exact) mass is 268 g/mol. The van der Waals surface area contributed by atoms with E-state index >= 15 is 0 Å². The van der Waals surface area contributed by atoms with E-state index in [2.05, 4.69) is 0 Å². The normalized spacial score (nSPS) is 16.2. The smallest absolute Gasteiger partial charge is 0.303 e. The van der Waals surface area contributed by atoms with Crippen LogP contribution in [0.25, 0.3) is 0 Å². The third-order valence-corrected chi connectivity index (χ3v) is 5.74. The molecule has 0 bridgehead atoms. The molecule has 1 aliphatic carbocycles. The van der Waals surface area contributed by atoms with E-state index in [-0.39, 0.29) is 18.1 Å². The van der Waals surface area contributed by atoms with Crippen molar-refractivity contribution in [1.82, 2.24) is 0 Å². The zero-order chi connectivity index (χ0) is 13.2. The topological polar surface area (TPSA) is 71.4 Å². The van der Waals surface area contributed by atoms with Crippen molar-refractivity contribution < 1.29 is 18.3 Å². The molecule has 0 aromatic heterocycles. The molecular formula is C13H16O4S. The lowest BCUT2D eigenvalue weighted by atomic mass is 10.00. The molecule has 1 aromatic carbocycles. The lowest BCUT2D eigenvalue weighted by Gasteiger charge is -2.26. The summed E-state index contributed by atoms with van der Waals surface area (Å²) in [4.78, 5) is 10.9. The first-order valence-electron chi connectivity index (χ1n) is 6.05. The average Bonchev–Trinajstić information content (AvgIpc) is 2.23. The van der Waals surface area contributed by atoms with Crippen molar-refractivity contribution in [3.05, 3.63) is 29.8 Å². The number of aryl methyl sites for hydroxylation is 1. The quantitative estimate of drug-likeness (QED) is 0.887. The van der Waals surface area contributed by atoms with Crippen LogP contribution in [0.2, 0.25) is 0 Å². The second-order valence-electron chi connectivity index (χ2n) is 4.60. The fourth-order valence-corrected chi connectivity index (χ4v) is 4.21. The van der Waals surface area contributed by atoms with Crippen LogP contribution >= 0.6 is 0 Å². The van der Waals surface area contributed by atoms with Crippen LogP contribution in [0, 0.1) is 0 Å². The molecule has 0 saturated heterocycles. The molecule has 0 unspecified atom stereocenters. The average molecular weight is 268 g/mol. The van der Waals surface area contributed by atoms with Crippen LogP contribution < -0.4 is 0 Å². The number of hydrogen-bond donors (Lipinski definition) is 1. The third-order valence-electron chi connectivity index (χ3n) is 3.38. The van der Waals surface area contributed by atoms with Crippen LogP contribution in [0.3, 0.4) is 0 Å². The van der Waals surface area contributed by atoms with Crippen molar-refractivity contribution in [1.29, 1.82) is 0 Å². The zero-order valence-corrected chi connectivity index (χ0v) is 10.8. The molecule has 0 amide bonds. The highest BCUT2D eigenvalue weighted by Gasteiger charge is 2.33. The molecule has 98 valence electrons. The van der Waals surface area contributed by atoms with E-state index < -0.39 is 15.8 Å². The maximum atomic E-state index is 12.3. The zero-order valence-electron chi connectivity index (χ0n) is 10.0. The van der Waals surface area contributed by atoms with Crippen LogP contribution in [-0.4, -0.2) is 24.7 Å². The number of carbonyl (C=O) groups is 1.